The Kier molecular flexibility index (Phi) is 8.82. The van der Waals surface area contributed by atoms with Crippen molar-refractivity contribution in [2.75, 3.05) is 0 Å². The molecule has 0 unspecified atom stereocenters. The maximum absolute atomic E-state index is 6.91. The zero-order valence-corrected chi connectivity index (χ0v) is 24.8. The molecule has 2 aromatic carbocycles. The fourth-order valence-electron chi connectivity index (χ4n) is 3.28. The van der Waals surface area contributed by atoms with Gasteiger partial charge in [0.25, 0.3) is 0 Å². The van der Waals surface area contributed by atoms with Gasteiger partial charge in [0.1, 0.15) is 0 Å². The fraction of sp³-hybridized carbons (Fsp3) is 0.381. The van der Waals surface area contributed by atoms with Crippen molar-refractivity contribution >= 4 is 90.5 Å². The number of nitrogens with zero attached hydrogens (tertiary/aromatic N) is 1. The van der Waals surface area contributed by atoms with E-state index < -0.39 is 19.2 Å². The summed E-state index contributed by atoms with van der Waals surface area (Å²) in [5, 5.41) is 0.620. The van der Waals surface area contributed by atoms with Gasteiger partial charge in [0.05, 0.1) is 0 Å². The van der Waals surface area contributed by atoms with E-state index in [0.717, 1.165) is 70.7 Å². The second-order valence-electron chi connectivity index (χ2n) is 7.12. The molecule has 0 bridgehead atoms. The topological polar surface area (TPSA) is 30.8 Å². The van der Waals surface area contributed by atoms with Gasteiger partial charge in [0, 0.05) is 0 Å². The molecular weight excluding hydrogens is 692 g/mol. The van der Waals surface area contributed by atoms with E-state index in [0.29, 0.717) is 5.02 Å². The van der Waals surface area contributed by atoms with Gasteiger partial charge < -0.3 is 0 Å². The van der Waals surface area contributed by atoms with E-state index in [2.05, 4.69) is 61.6 Å². The zero-order valence-electron chi connectivity index (χ0n) is 16.4. The van der Waals surface area contributed by atoms with Crippen LogP contribution in [0.3, 0.4) is 0 Å². The maximum atomic E-state index is 6.91. The molecular formula is C21H23Br3ClNO2Sn. The number of benzene rings is 2. The number of aliphatic imine (C=N–C) groups is 1. The Bertz CT molecular complexity index is 850. The van der Waals surface area contributed by atoms with Crippen LogP contribution in [0.1, 0.15) is 45.1 Å². The van der Waals surface area contributed by atoms with Crippen LogP contribution >= 0.6 is 59.4 Å². The average molecular weight is 715 g/mol. The SMILES string of the molecule is CCC[CH2][Sn]1([CH2]CCC)[O]c2c(Br)cc(Br)cc2C=Nc2cc(Cl)cc(Br)c2[O]1. The summed E-state index contributed by atoms with van der Waals surface area (Å²) in [6.45, 7) is 4.42. The Hall–Kier alpha value is 0.239. The third-order valence-corrected chi connectivity index (χ3v) is 16.3. The van der Waals surface area contributed by atoms with Crippen LogP contribution in [-0.2, 0) is 0 Å². The van der Waals surface area contributed by atoms with Crippen LogP contribution in [0.2, 0.25) is 13.9 Å². The molecule has 8 heteroatoms. The molecule has 0 radical (unpaired) electrons. The van der Waals surface area contributed by atoms with Gasteiger partial charge in [-0.05, 0) is 0 Å². The Morgan fingerprint density at radius 1 is 0.897 bits per heavy atom. The van der Waals surface area contributed by atoms with E-state index in [4.69, 9.17) is 22.7 Å². The van der Waals surface area contributed by atoms with Crippen LogP contribution in [0.5, 0.6) is 11.5 Å². The van der Waals surface area contributed by atoms with Crippen molar-refractivity contribution in [3.05, 3.63) is 48.3 Å². The first-order chi connectivity index (χ1) is 13.9. The number of fused-ring (bicyclic) bond motifs is 2. The van der Waals surface area contributed by atoms with Gasteiger partial charge in [0.15, 0.2) is 0 Å². The van der Waals surface area contributed by atoms with Gasteiger partial charge in [-0.25, -0.2) is 0 Å². The molecule has 0 saturated carbocycles. The summed E-state index contributed by atoms with van der Waals surface area (Å²) in [6, 6.07) is 7.77. The predicted octanol–water partition coefficient (Wildman–Crippen LogP) is 9.19. The van der Waals surface area contributed by atoms with Crippen LogP contribution in [-0.4, -0.2) is 25.4 Å². The molecule has 0 amide bonds. The molecule has 29 heavy (non-hydrogen) atoms. The van der Waals surface area contributed by atoms with E-state index in [-0.39, 0.29) is 0 Å². The summed E-state index contributed by atoms with van der Waals surface area (Å²) in [5.41, 5.74) is 1.65. The van der Waals surface area contributed by atoms with Crippen LogP contribution in [0.25, 0.3) is 0 Å². The monoisotopic (exact) mass is 713 g/mol. The molecule has 3 rings (SSSR count). The van der Waals surface area contributed by atoms with Gasteiger partial charge in [-0.2, -0.15) is 0 Å². The molecule has 0 atom stereocenters. The third kappa shape index (κ3) is 5.93. The fourth-order valence-corrected chi connectivity index (χ4v) is 16.8. The first-order valence-corrected chi connectivity index (χ1v) is 18.9. The van der Waals surface area contributed by atoms with Gasteiger partial charge in [-0.3, -0.25) is 0 Å². The van der Waals surface area contributed by atoms with Crippen molar-refractivity contribution in [1.82, 2.24) is 0 Å². The van der Waals surface area contributed by atoms with E-state index in [1.807, 2.05) is 30.5 Å². The van der Waals surface area contributed by atoms with Gasteiger partial charge >= 0.3 is 210 Å². The number of rotatable bonds is 6. The first kappa shape index (κ1) is 23.9. The summed E-state index contributed by atoms with van der Waals surface area (Å²) < 4.78 is 18.5. The van der Waals surface area contributed by atoms with Crippen LogP contribution in [0, 0.1) is 0 Å². The van der Waals surface area contributed by atoms with E-state index >= 15 is 0 Å². The molecule has 0 spiro atoms. The van der Waals surface area contributed by atoms with Gasteiger partial charge in [-0.15, -0.1) is 0 Å². The molecule has 1 aliphatic heterocycles. The minimum absolute atomic E-state index is 0.620. The number of hydrogen-bond acceptors (Lipinski definition) is 3. The van der Waals surface area contributed by atoms with Crippen LogP contribution < -0.4 is 6.15 Å². The molecule has 0 fully saturated rings. The number of hydrogen-bond donors (Lipinski definition) is 0. The predicted molar refractivity (Wildman–Crippen MR) is 135 cm³/mol. The summed E-state index contributed by atoms with van der Waals surface area (Å²) in [6.07, 6.45) is 6.22. The molecule has 1 heterocycles. The third-order valence-electron chi connectivity index (χ3n) is 4.77. The molecule has 0 aliphatic carbocycles. The molecule has 1 aliphatic rings. The summed E-state index contributed by atoms with van der Waals surface area (Å²) in [7, 11) is 0. The van der Waals surface area contributed by atoms with Crippen molar-refractivity contribution in [2.45, 2.75) is 48.4 Å². The molecule has 0 N–H and O–H groups in total. The second-order valence-corrected chi connectivity index (χ2v) is 19.4. The summed E-state index contributed by atoms with van der Waals surface area (Å²) in [5.74, 6) is 1.58. The Morgan fingerprint density at radius 3 is 2.17 bits per heavy atom. The molecule has 2 aromatic rings. The quantitative estimate of drug-likeness (QED) is 0.280. The molecule has 3 nitrogen and oxygen atoms in total. The summed E-state index contributed by atoms with van der Waals surface area (Å²) >= 11 is 13.7. The zero-order chi connectivity index (χ0) is 21.0. The van der Waals surface area contributed by atoms with Crippen molar-refractivity contribution in [1.29, 1.82) is 0 Å². The van der Waals surface area contributed by atoms with Crippen LogP contribution in [0.15, 0.2) is 42.7 Å². The van der Waals surface area contributed by atoms with Crippen molar-refractivity contribution in [3.63, 3.8) is 0 Å². The van der Waals surface area contributed by atoms with E-state index in [1.54, 1.807) is 0 Å². The molecule has 156 valence electrons. The second kappa shape index (κ2) is 10.7. The summed E-state index contributed by atoms with van der Waals surface area (Å²) in [4.78, 5) is 4.73. The normalized spacial score (nSPS) is 14.7. The Labute approximate surface area is 208 Å². The van der Waals surface area contributed by atoms with E-state index in [1.165, 1.54) is 0 Å². The molecule has 0 saturated heterocycles. The van der Waals surface area contributed by atoms with Crippen LogP contribution in [0.4, 0.5) is 5.69 Å². The standard InChI is InChI=1S/C13H7Br3ClNO2.2C4H9.Sn/c14-7-1-6(12(19)9(15)2-7)5-18-11-4-8(17)3-10(16)13(11)20;2*1-3-4-2;/h1-5,19-20H;2*1,3-4H2,2H3;/q;;;+2/p-2. The van der Waals surface area contributed by atoms with Crippen molar-refractivity contribution in [2.24, 2.45) is 4.99 Å². The minimum atomic E-state index is -3.58. The Balaban J connectivity index is 2.23. The van der Waals surface area contributed by atoms with Gasteiger partial charge in [0.2, 0.25) is 0 Å². The average Bonchev–Trinajstić information content (AvgIpc) is 2.73. The number of unbranched alkanes of at least 4 members (excludes halogenated alkanes) is 2. The Morgan fingerprint density at radius 2 is 1.52 bits per heavy atom. The van der Waals surface area contributed by atoms with Crippen molar-refractivity contribution < 1.29 is 6.15 Å². The van der Waals surface area contributed by atoms with Gasteiger partial charge in [-0.1, -0.05) is 0 Å². The first-order valence-electron chi connectivity index (χ1n) is 9.77. The number of halogens is 4. The van der Waals surface area contributed by atoms with Crippen molar-refractivity contribution in [3.8, 4) is 11.5 Å². The molecule has 0 aromatic heterocycles. The van der Waals surface area contributed by atoms with E-state index in [9.17, 15) is 0 Å².